The number of sulfonamides is 1. The van der Waals surface area contributed by atoms with Crippen LogP contribution >= 0.6 is 11.6 Å². The Kier molecular flexibility index (Phi) is 5.70. The van der Waals surface area contributed by atoms with Crippen LogP contribution in [0.4, 0.5) is 0 Å². The van der Waals surface area contributed by atoms with Crippen LogP contribution in [-0.2, 0) is 14.8 Å². The molecule has 0 bridgehead atoms. The van der Waals surface area contributed by atoms with Crippen LogP contribution in [-0.4, -0.2) is 40.3 Å². The molecular weight excluding hydrogens is 262 g/mol. The quantitative estimate of drug-likeness (QED) is 0.654. The van der Waals surface area contributed by atoms with Crippen LogP contribution in [0.1, 0.15) is 26.2 Å². The van der Waals surface area contributed by atoms with Crippen molar-refractivity contribution in [3.8, 4) is 0 Å². The van der Waals surface area contributed by atoms with Crippen molar-refractivity contribution >= 4 is 21.6 Å². The standard InChI is InChI=1S/C11H22ClNO3S/c1-10(7-12)8-17(14,15)13-9-11(3-4-11)5-6-16-2/h10,13H,3-9H2,1-2H3. The Morgan fingerprint density at radius 2 is 2.12 bits per heavy atom. The Morgan fingerprint density at radius 3 is 2.59 bits per heavy atom. The van der Waals surface area contributed by atoms with Crippen LogP contribution in [0.15, 0.2) is 0 Å². The minimum Gasteiger partial charge on any atom is -0.385 e. The maximum absolute atomic E-state index is 11.7. The molecule has 1 fully saturated rings. The van der Waals surface area contributed by atoms with Gasteiger partial charge in [-0.15, -0.1) is 11.6 Å². The molecule has 17 heavy (non-hydrogen) atoms. The zero-order valence-electron chi connectivity index (χ0n) is 10.5. The molecule has 0 aromatic heterocycles. The topological polar surface area (TPSA) is 55.4 Å². The summed E-state index contributed by atoms with van der Waals surface area (Å²) in [6.45, 7) is 3.07. The average molecular weight is 284 g/mol. The molecule has 1 N–H and O–H groups in total. The first-order chi connectivity index (χ1) is 7.93. The molecule has 0 heterocycles. The van der Waals surface area contributed by atoms with Crippen LogP contribution in [0.25, 0.3) is 0 Å². The van der Waals surface area contributed by atoms with Crippen LogP contribution in [0, 0.1) is 11.3 Å². The average Bonchev–Trinajstić information content (AvgIpc) is 3.04. The van der Waals surface area contributed by atoms with Crippen molar-refractivity contribution in [1.82, 2.24) is 4.72 Å². The second kappa shape index (κ2) is 6.36. The first kappa shape index (κ1) is 15.2. The molecule has 1 atom stereocenters. The highest BCUT2D eigenvalue weighted by molar-refractivity contribution is 7.89. The molecule has 0 radical (unpaired) electrons. The summed E-state index contributed by atoms with van der Waals surface area (Å²) >= 11 is 5.62. The maximum atomic E-state index is 11.7. The first-order valence-electron chi connectivity index (χ1n) is 5.95. The fourth-order valence-corrected chi connectivity index (χ4v) is 3.50. The molecular formula is C11H22ClNO3S. The number of halogens is 1. The van der Waals surface area contributed by atoms with Crippen molar-refractivity contribution in [3.05, 3.63) is 0 Å². The molecule has 0 aliphatic heterocycles. The zero-order chi connectivity index (χ0) is 12.9. The van der Waals surface area contributed by atoms with Gasteiger partial charge in [0.25, 0.3) is 0 Å². The lowest BCUT2D eigenvalue weighted by Crippen LogP contribution is -2.34. The predicted octanol–water partition coefficient (Wildman–Crippen LogP) is 1.60. The number of alkyl halides is 1. The van der Waals surface area contributed by atoms with Gasteiger partial charge in [0.2, 0.25) is 10.0 Å². The SMILES string of the molecule is COCCC1(CNS(=O)(=O)CC(C)CCl)CC1. The van der Waals surface area contributed by atoms with Crippen molar-refractivity contribution in [1.29, 1.82) is 0 Å². The van der Waals surface area contributed by atoms with E-state index in [0.717, 1.165) is 19.3 Å². The van der Waals surface area contributed by atoms with Crippen LogP contribution in [0.5, 0.6) is 0 Å². The third-order valence-corrected chi connectivity index (χ3v) is 5.35. The van der Waals surface area contributed by atoms with Crippen molar-refractivity contribution in [2.45, 2.75) is 26.2 Å². The van der Waals surface area contributed by atoms with E-state index in [0.29, 0.717) is 19.0 Å². The summed E-state index contributed by atoms with van der Waals surface area (Å²) in [4.78, 5) is 0. The van der Waals surface area contributed by atoms with E-state index in [1.54, 1.807) is 7.11 Å². The molecule has 1 aliphatic carbocycles. The fourth-order valence-electron chi connectivity index (χ4n) is 1.75. The van der Waals surface area contributed by atoms with Gasteiger partial charge in [-0.3, -0.25) is 0 Å². The number of hydrogen-bond acceptors (Lipinski definition) is 3. The molecule has 1 saturated carbocycles. The Labute approximate surface area is 109 Å². The summed E-state index contributed by atoms with van der Waals surface area (Å²) in [5.41, 5.74) is 0.146. The van der Waals surface area contributed by atoms with Crippen molar-refractivity contribution < 1.29 is 13.2 Å². The van der Waals surface area contributed by atoms with Gasteiger partial charge in [0.15, 0.2) is 0 Å². The lowest BCUT2D eigenvalue weighted by atomic mass is 10.0. The van der Waals surface area contributed by atoms with Gasteiger partial charge in [-0.1, -0.05) is 6.92 Å². The second-order valence-electron chi connectivity index (χ2n) is 5.10. The first-order valence-corrected chi connectivity index (χ1v) is 8.14. The van der Waals surface area contributed by atoms with Gasteiger partial charge in [0.05, 0.1) is 5.75 Å². The third kappa shape index (κ3) is 5.55. The van der Waals surface area contributed by atoms with E-state index in [-0.39, 0.29) is 17.1 Å². The molecule has 6 heteroatoms. The Hall–Kier alpha value is 0.160. The van der Waals surface area contributed by atoms with Gasteiger partial charge in [0.1, 0.15) is 0 Å². The van der Waals surface area contributed by atoms with Gasteiger partial charge in [-0.25, -0.2) is 13.1 Å². The monoisotopic (exact) mass is 283 g/mol. The lowest BCUT2D eigenvalue weighted by Gasteiger charge is -2.16. The van der Waals surface area contributed by atoms with Gasteiger partial charge < -0.3 is 4.74 Å². The van der Waals surface area contributed by atoms with Crippen LogP contribution in [0.2, 0.25) is 0 Å². The van der Waals surface area contributed by atoms with E-state index in [4.69, 9.17) is 16.3 Å². The summed E-state index contributed by atoms with van der Waals surface area (Å²) in [6.07, 6.45) is 3.10. The highest BCUT2D eigenvalue weighted by Crippen LogP contribution is 2.48. The van der Waals surface area contributed by atoms with E-state index in [9.17, 15) is 8.42 Å². The summed E-state index contributed by atoms with van der Waals surface area (Å²) in [7, 11) is -1.52. The molecule has 1 rings (SSSR count). The Balaban J connectivity index is 2.34. The largest absolute Gasteiger partial charge is 0.385 e. The normalized spacial score (nSPS) is 20.2. The number of hydrogen-bond donors (Lipinski definition) is 1. The van der Waals surface area contributed by atoms with Crippen molar-refractivity contribution in [2.24, 2.45) is 11.3 Å². The summed E-state index contributed by atoms with van der Waals surface area (Å²) in [6, 6.07) is 0. The molecule has 0 saturated heterocycles. The summed E-state index contributed by atoms with van der Waals surface area (Å²) in [5, 5.41) is 0. The Bertz CT molecular complexity index is 328. The summed E-state index contributed by atoms with van der Waals surface area (Å²) < 4.78 is 31.2. The molecule has 0 aromatic carbocycles. The van der Waals surface area contributed by atoms with E-state index < -0.39 is 10.0 Å². The van der Waals surface area contributed by atoms with Gasteiger partial charge in [-0.05, 0) is 30.6 Å². The number of rotatable bonds is 9. The van der Waals surface area contributed by atoms with Crippen LogP contribution < -0.4 is 4.72 Å². The molecule has 0 aromatic rings. The van der Waals surface area contributed by atoms with E-state index in [1.165, 1.54) is 0 Å². The number of ether oxygens (including phenoxy) is 1. The van der Waals surface area contributed by atoms with Crippen molar-refractivity contribution in [2.75, 3.05) is 31.9 Å². The number of methoxy groups -OCH3 is 1. The highest BCUT2D eigenvalue weighted by atomic mass is 35.5. The van der Waals surface area contributed by atoms with E-state index >= 15 is 0 Å². The predicted molar refractivity (Wildman–Crippen MR) is 69.8 cm³/mol. The molecule has 1 unspecified atom stereocenters. The molecule has 4 nitrogen and oxygen atoms in total. The molecule has 102 valence electrons. The minimum atomic E-state index is -3.19. The minimum absolute atomic E-state index is 0.0108. The highest BCUT2D eigenvalue weighted by Gasteiger charge is 2.42. The van der Waals surface area contributed by atoms with E-state index in [1.807, 2.05) is 6.92 Å². The molecule has 0 amide bonds. The van der Waals surface area contributed by atoms with Gasteiger partial charge in [-0.2, -0.15) is 0 Å². The zero-order valence-corrected chi connectivity index (χ0v) is 12.1. The van der Waals surface area contributed by atoms with Crippen molar-refractivity contribution in [3.63, 3.8) is 0 Å². The van der Waals surface area contributed by atoms with Gasteiger partial charge >= 0.3 is 0 Å². The summed E-state index contributed by atoms with van der Waals surface area (Å²) in [5.74, 6) is 0.468. The van der Waals surface area contributed by atoms with Gasteiger partial charge in [0, 0.05) is 26.1 Å². The third-order valence-electron chi connectivity index (χ3n) is 3.23. The number of nitrogens with one attached hydrogen (secondary N) is 1. The Morgan fingerprint density at radius 1 is 1.47 bits per heavy atom. The molecule has 1 aliphatic rings. The fraction of sp³-hybridized carbons (Fsp3) is 1.00. The van der Waals surface area contributed by atoms with E-state index in [2.05, 4.69) is 4.72 Å². The molecule has 0 spiro atoms. The lowest BCUT2D eigenvalue weighted by molar-refractivity contribution is 0.173. The maximum Gasteiger partial charge on any atom is 0.211 e. The smallest absolute Gasteiger partial charge is 0.211 e. The van der Waals surface area contributed by atoms with Crippen LogP contribution in [0.3, 0.4) is 0 Å². The second-order valence-corrected chi connectivity index (χ2v) is 7.26.